The Balaban J connectivity index is 3.11. The summed E-state index contributed by atoms with van der Waals surface area (Å²) in [5.74, 6) is 0.0556. The number of likely N-dealkylation sites (N-methyl/N-ethyl adjacent to an activating group) is 1. The summed E-state index contributed by atoms with van der Waals surface area (Å²) in [6.07, 6.45) is 0. The Morgan fingerprint density at radius 2 is 2.40 bits per heavy atom. The zero-order valence-electron chi connectivity index (χ0n) is 6.03. The van der Waals surface area contributed by atoms with Crippen molar-refractivity contribution in [3.05, 3.63) is 0 Å². The number of rotatable bonds is 4. The minimum atomic E-state index is 0.0556. The van der Waals surface area contributed by atoms with E-state index in [0.29, 0.717) is 0 Å². The van der Waals surface area contributed by atoms with Gasteiger partial charge in [0.15, 0.2) is 0 Å². The average molecular weight is 369 g/mol. The number of hydrogen-bond acceptors (Lipinski definition) is 2. The third kappa shape index (κ3) is 7.00. The summed E-state index contributed by atoms with van der Waals surface area (Å²) in [4.78, 5) is 10.4. The van der Waals surface area contributed by atoms with E-state index in [0.717, 1.165) is 13.1 Å². The van der Waals surface area contributed by atoms with Gasteiger partial charge in [-0.3, -0.25) is 0 Å². The molecule has 0 radical (unpaired) electrons. The molecule has 0 unspecified atom stereocenters. The Morgan fingerprint density at radius 1 is 1.80 bits per heavy atom. The molecule has 0 aliphatic rings. The van der Waals surface area contributed by atoms with Crippen molar-refractivity contribution in [2.45, 2.75) is 6.92 Å². The van der Waals surface area contributed by atoms with Crippen LogP contribution in [0.3, 0.4) is 0 Å². The van der Waals surface area contributed by atoms with Gasteiger partial charge in [-0.1, -0.05) is 0 Å². The Bertz CT molecular complexity index is 110. The molecule has 62 valence electrons. The number of carbonyl (C=O) groups is 1. The van der Waals surface area contributed by atoms with Crippen LogP contribution in [0.2, 0.25) is 0 Å². The van der Waals surface area contributed by atoms with Crippen LogP contribution in [0.25, 0.3) is 0 Å². The molecule has 0 aromatic carbocycles. The van der Waals surface area contributed by atoms with Gasteiger partial charge in [-0.2, -0.15) is 0 Å². The van der Waals surface area contributed by atoms with Gasteiger partial charge >= 0.3 is 82.3 Å². The van der Waals surface area contributed by atoms with E-state index >= 15 is 0 Å². The number of nitrogens with zero attached hydrogens (tertiary/aromatic N) is 1. The van der Waals surface area contributed by atoms with Gasteiger partial charge in [0, 0.05) is 0 Å². The normalized spacial score (nSPS) is 10.4. The first-order valence-corrected chi connectivity index (χ1v) is 10.1. The van der Waals surface area contributed by atoms with Gasteiger partial charge in [0.1, 0.15) is 0 Å². The van der Waals surface area contributed by atoms with Crippen LogP contribution in [0.15, 0.2) is 0 Å². The molecule has 0 fully saturated rings. The summed E-state index contributed by atoms with van der Waals surface area (Å²) in [6.45, 7) is 3.28. The molecule has 0 aliphatic carbocycles. The fourth-order valence-electron chi connectivity index (χ4n) is 0.418. The Hall–Kier alpha value is 0.890. The van der Waals surface area contributed by atoms with Gasteiger partial charge in [0.05, 0.1) is 0 Å². The van der Waals surface area contributed by atoms with Crippen LogP contribution in [0, 0.1) is 0 Å². The van der Waals surface area contributed by atoms with Crippen LogP contribution in [-0.2, 0) is 4.79 Å². The second kappa shape index (κ2) is 6.59. The molecule has 5 heteroatoms. The van der Waals surface area contributed by atoms with Crippen molar-refractivity contribution in [2.24, 2.45) is 0 Å². The predicted molar refractivity (Wildman–Crippen MR) is 45.3 cm³/mol. The van der Waals surface area contributed by atoms with Crippen molar-refractivity contribution in [1.82, 2.24) is 8.43 Å². The standard InChI is InChI=1S/C5H11I2N2O/c1-5(10)8-3-4-9(2)7-6/h3-4H2,1-2H3,(H,8,10)/q-1. The summed E-state index contributed by atoms with van der Waals surface area (Å²) < 4.78 is 2.25. The fourth-order valence-corrected chi connectivity index (χ4v) is 2.06. The van der Waals surface area contributed by atoms with Gasteiger partial charge in [-0.15, -0.1) is 0 Å². The summed E-state index contributed by atoms with van der Waals surface area (Å²) in [6, 6.07) is 0. The first-order chi connectivity index (χ1) is 4.66. The third-order valence-corrected chi connectivity index (χ3v) is 6.18. The van der Waals surface area contributed by atoms with Crippen LogP contribution in [0.1, 0.15) is 6.92 Å². The quantitative estimate of drug-likeness (QED) is 0.436. The van der Waals surface area contributed by atoms with Crippen molar-refractivity contribution in [1.29, 1.82) is 0 Å². The molecule has 0 aromatic heterocycles. The van der Waals surface area contributed by atoms with Crippen LogP contribution in [0.5, 0.6) is 0 Å². The molecule has 3 nitrogen and oxygen atoms in total. The van der Waals surface area contributed by atoms with E-state index < -0.39 is 0 Å². The van der Waals surface area contributed by atoms with Gasteiger partial charge in [-0.05, 0) is 0 Å². The predicted octanol–water partition coefficient (Wildman–Crippen LogP) is -2.59. The molecule has 0 atom stereocenters. The van der Waals surface area contributed by atoms with Gasteiger partial charge in [0.2, 0.25) is 0 Å². The summed E-state index contributed by atoms with van der Waals surface area (Å²) in [5, 5.41) is 2.74. The minimum absolute atomic E-state index is 0.0556. The second-order valence-corrected chi connectivity index (χ2v) is 6.33. The Kier molecular flexibility index (Phi) is 7.18. The summed E-state index contributed by atoms with van der Waals surface area (Å²) in [7, 11) is 2.07. The molecular formula is C5H11I2N2O-. The second-order valence-electron chi connectivity index (χ2n) is 1.88. The third-order valence-electron chi connectivity index (χ3n) is 0.903. The van der Waals surface area contributed by atoms with Crippen molar-refractivity contribution in [3.63, 3.8) is 0 Å². The van der Waals surface area contributed by atoms with E-state index in [9.17, 15) is 4.79 Å². The van der Waals surface area contributed by atoms with Gasteiger partial charge < -0.3 is 0 Å². The molecule has 10 heavy (non-hydrogen) atoms. The zero-order chi connectivity index (χ0) is 7.98. The summed E-state index contributed by atoms with van der Waals surface area (Å²) >= 11 is 2.56. The molecule has 1 amide bonds. The Morgan fingerprint density at radius 3 is 2.80 bits per heavy atom. The van der Waals surface area contributed by atoms with E-state index in [4.69, 9.17) is 0 Å². The molecule has 0 spiro atoms. The number of amides is 1. The number of hydrogen-bond donors (Lipinski definition) is 1. The van der Waals surface area contributed by atoms with Crippen LogP contribution < -0.4 is 22.8 Å². The van der Waals surface area contributed by atoms with E-state index in [-0.39, 0.29) is 23.4 Å². The van der Waals surface area contributed by atoms with Crippen LogP contribution in [0.4, 0.5) is 0 Å². The fraction of sp³-hybridized carbons (Fsp3) is 0.800. The number of nitrogens with one attached hydrogen (secondary N) is 1. The van der Waals surface area contributed by atoms with E-state index in [2.05, 4.69) is 34.1 Å². The number of halogens is 2. The molecule has 0 rings (SSSR count). The van der Waals surface area contributed by atoms with Crippen LogP contribution in [-0.4, -0.2) is 29.2 Å². The van der Waals surface area contributed by atoms with E-state index in [1.807, 2.05) is 0 Å². The molecule has 1 N–H and O–H groups in total. The molecule has 0 saturated heterocycles. The molecular weight excluding hydrogens is 358 g/mol. The number of carbonyl (C=O) groups excluding carboxylic acids is 1. The molecule has 0 bridgehead atoms. The topological polar surface area (TPSA) is 32.3 Å². The Labute approximate surface area is 81.7 Å². The first-order valence-electron chi connectivity index (χ1n) is 2.88. The monoisotopic (exact) mass is 369 g/mol. The van der Waals surface area contributed by atoms with Gasteiger partial charge in [0.25, 0.3) is 0 Å². The van der Waals surface area contributed by atoms with E-state index in [1.165, 1.54) is 0 Å². The maximum atomic E-state index is 10.4. The van der Waals surface area contributed by atoms with Crippen molar-refractivity contribution in [3.8, 4) is 0 Å². The summed E-state index contributed by atoms with van der Waals surface area (Å²) in [5.41, 5.74) is 0. The molecule has 0 heterocycles. The van der Waals surface area contributed by atoms with E-state index in [1.54, 1.807) is 6.92 Å². The maximum absolute atomic E-state index is 10.4. The molecule has 0 aromatic rings. The molecule has 0 saturated carbocycles. The van der Waals surface area contributed by atoms with Crippen molar-refractivity contribution in [2.75, 3.05) is 20.1 Å². The zero-order valence-corrected chi connectivity index (χ0v) is 10.3. The van der Waals surface area contributed by atoms with Gasteiger partial charge in [-0.25, -0.2) is 0 Å². The SMILES string of the molecule is CC(=O)NCCN(C)[I-]I. The van der Waals surface area contributed by atoms with Crippen molar-refractivity contribution < 1.29 is 22.3 Å². The first kappa shape index (κ1) is 10.9. The average Bonchev–Trinajstić information content (AvgIpc) is 1.87. The molecule has 0 aliphatic heterocycles. The van der Waals surface area contributed by atoms with Crippen molar-refractivity contribution >= 4 is 24.5 Å². The van der Waals surface area contributed by atoms with Crippen LogP contribution >= 0.6 is 18.6 Å².